The van der Waals surface area contributed by atoms with Gasteiger partial charge in [0, 0.05) is 28.0 Å². The molecule has 0 fully saturated rings. The number of nitrogens with zero attached hydrogens (tertiary/aromatic N) is 3. The molecule has 0 aliphatic heterocycles. The van der Waals surface area contributed by atoms with E-state index >= 15 is 0 Å². The summed E-state index contributed by atoms with van der Waals surface area (Å²) >= 11 is 13.7. The molecule has 4 rings (SSSR count). The normalized spacial score (nSPS) is 11.0. The second kappa shape index (κ2) is 7.87. The molecule has 0 unspecified atom stereocenters. The minimum Gasteiger partial charge on any atom is -0.279 e. The number of halogens is 2. The number of pyridine rings is 1. The third-order valence-electron chi connectivity index (χ3n) is 4.18. The fourth-order valence-corrected chi connectivity index (χ4v) is 4.46. The molecular formula is C21H15Cl2N3OS. The Morgan fingerprint density at radius 2 is 1.89 bits per heavy atom. The summed E-state index contributed by atoms with van der Waals surface area (Å²) in [6.45, 7) is 2.38. The number of fused-ring (bicyclic) bond motifs is 1. The molecule has 0 N–H and O–H groups in total. The van der Waals surface area contributed by atoms with E-state index in [9.17, 15) is 4.79 Å². The molecule has 0 saturated heterocycles. The third-order valence-corrected chi connectivity index (χ3v) is 5.66. The standard InChI is InChI=1S/C21H15Cl2N3OS/c1-13-4-5-18-19(7-13)28-21(25-18)26(12-14-3-2-6-24-11-14)20(27)15-8-16(22)10-17(23)9-15/h2-11H,12H2,1H3. The average Bonchev–Trinajstić information content (AvgIpc) is 3.08. The van der Waals surface area contributed by atoms with Crippen LogP contribution in [0, 0.1) is 6.92 Å². The van der Waals surface area contributed by atoms with Crippen LogP contribution in [0.5, 0.6) is 0 Å². The van der Waals surface area contributed by atoms with Crippen LogP contribution in [0.1, 0.15) is 21.5 Å². The molecule has 28 heavy (non-hydrogen) atoms. The molecule has 1 amide bonds. The zero-order valence-corrected chi connectivity index (χ0v) is 17.2. The Hall–Kier alpha value is -2.47. The number of rotatable bonds is 4. The monoisotopic (exact) mass is 427 g/mol. The number of carbonyl (C=O) groups is 1. The van der Waals surface area contributed by atoms with Crippen molar-refractivity contribution in [3.05, 3.63) is 87.7 Å². The third kappa shape index (κ3) is 4.02. The van der Waals surface area contributed by atoms with E-state index < -0.39 is 0 Å². The lowest BCUT2D eigenvalue weighted by atomic mass is 10.2. The second-order valence-electron chi connectivity index (χ2n) is 6.38. The highest BCUT2D eigenvalue weighted by atomic mass is 35.5. The lowest BCUT2D eigenvalue weighted by Gasteiger charge is -2.20. The topological polar surface area (TPSA) is 46.1 Å². The van der Waals surface area contributed by atoms with E-state index in [1.54, 1.807) is 35.5 Å². The summed E-state index contributed by atoms with van der Waals surface area (Å²) < 4.78 is 1.03. The number of aromatic nitrogens is 2. The first-order valence-corrected chi connectivity index (χ1v) is 10.1. The highest BCUT2D eigenvalue weighted by Gasteiger charge is 2.22. The quantitative estimate of drug-likeness (QED) is 0.392. The van der Waals surface area contributed by atoms with E-state index in [0.717, 1.165) is 21.3 Å². The smallest absolute Gasteiger partial charge is 0.260 e. The van der Waals surface area contributed by atoms with Crippen LogP contribution in [0.4, 0.5) is 5.13 Å². The Labute approximate surface area is 176 Å². The van der Waals surface area contributed by atoms with E-state index in [1.165, 1.54) is 11.3 Å². The van der Waals surface area contributed by atoms with Gasteiger partial charge in [-0.3, -0.25) is 14.7 Å². The number of amides is 1. The van der Waals surface area contributed by atoms with Crippen LogP contribution in [0.3, 0.4) is 0 Å². The van der Waals surface area contributed by atoms with Crippen LogP contribution in [-0.2, 0) is 6.54 Å². The van der Waals surface area contributed by atoms with Gasteiger partial charge in [0.1, 0.15) is 0 Å². The molecule has 0 bridgehead atoms. The van der Waals surface area contributed by atoms with Gasteiger partial charge >= 0.3 is 0 Å². The van der Waals surface area contributed by atoms with Crippen molar-refractivity contribution in [2.75, 3.05) is 4.90 Å². The van der Waals surface area contributed by atoms with Gasteiger partial charge in [-0.1, -0.05) is 46.7 Å². The SMILES string of the molecule is Cc1ccc2nc(N(Cc3cccnc3)C(=O)c3cc(Cl)cc(Cl)c3)sc2c1. The van der Waals surface area contributed by atoms with Gasteiger partial charge in [-0.15, -0.1) is 0 Å². The van der Waals surface area contributed by atoms with Crippen molar-refractivity contribution in [1.29, 1.82) is 0 Å². The maximum absolute atomic E-state index is 13.4. The number of hydrogen-bond donors (Lipinski definition) is 0. The van der Waals surface area contributed by atoms with Crippen molar-refractivity contribution >= 4 is 55.8 Å². The highest BCUT2D eigenvalue weighted by Crippen LogP contribution is 2.32. The molecule has 4 nitrogen and oxygen atoms in total. The summed E-state index contributed by atoms with van der Waals surface area (Å²) in [5, 5.41) is 1.44. The maximum atomic E-state index is 13.4. The molecule has 2 aromatic heterocycles. The Morgan fingerprint density at radius 1 is 1.11 bits per heavy atom. The first-order valence-electron chi connectivity index (χ1n) is 8.54. The summed E-state index contributed by atoms with van der Waals surface area (Å²) in [4.78, 5) is 23.8. The molecule has 7 heteroatoms. The molecular weight excluding hydrogens is 413 g/mol. The molecule has 0 aliphatic carbocycles. The number of benzene rings is 2. The van der Waals surface area contributed by atoms with Crippen molar-refractivity contribution in [2.24, 2.45) is 0 Å². The average molecular weight is 428 g/mol. The van der Waals surface area contributed by atoms with E-state index in [0.29, 0.717) is 27.3 Å². The zero-order chi connectivity index (χ0) is 19.7. The van der Waals surface area contributed by atoms with Crippen LogP contribution >= 0.6 is 34.5 Å². The largest absolute Gasteiger partial charge is 0.279 e. The Balaban J connectivity index is 1.79. The molecule has 0 radical (unpaired) electrons. The van der Waals surface area contributed by atoms with Gasteiger partial charge in [-0.05, 0) is 54.4 Å². The summed E-state index contributed by atoms with van der Waals surface area (Å²) in [6.07, 6.45) is 3.44. The Morgan fingerprint density at radius 3 is 2.61 bits per heavy atom. The van der Waals surface area contributed by atoms with Crippen LogP contribution in [-0.4, -0.2) is 15.9 Å². The molecule has 2 heterocycles. The van der Waals surface area contributed by atoms with Crippen LogP contribution in [0.2, 0.25) is 10.0 Å². The lowest BCUT2D eigenvalue weighted by Crippen LogP contribution is -2.30. The predicted molar refractivity (Wildman–Crippen MR) is 116 cm³/mol. The van der Waals surface area contributed by atoms with Crippen LogP contribution in [0.15, 0.2) is 60.9 Å². The van der Waals surface area contributed by atoms with Crippen molar-refractivity contribution in [1.82, 2.24) is 9.97 Å². The lowest BCUT2D eigenvalue weighted by molar-refractivity contribution is 0.0985. The zero-order valence-electron chi connectivity index (χ0n) is 14.9. The number of thiazole rings is 1. The van der Waals surface area contributed by atoms with E-state index in [1.807, 2.05) is 31.2 Å². The molecule has 0 saturated carbocycles. The first-order chi connectivity index (χ1) is 13.5. The van der Waals surface area contributed by atoms with E-state index in [2.05, 4.69) is 16.0 Å². The summed E-state index contributed by atoms with van der Waals surface area (Å²) in [5.74, 6) is -0.218. The van der Waals surface area contributed by atoms with Crippen molar-refractivity contribution < 1.29 is 4.79 Å². The number of hydrogen-bond acceptors (Lipinski definition) is 4. The van der Waals surface area contributed by atoms with Crippen molar-refractivity contribution in [2.45, 2.75) is 13.5 Å². The minimum absolute atomic E-state index is 0.218. The number of aryl methyl sites for hydroxylation is 1. The van der Waals surface area contributed by atoms with Gasteiger partial charge in [0.2, 0.25) is 0 Å². The van der Waals surface area contributed by atoms with Gasteiger partial charge < -0.3 is 0 Å². The summed E-state index contributed by atoms with van der Waals surface area (Å²) in [7, 11) is 0. The summed E-state index contributed by atoms with van der Waals surface area (Å²) in [6, 6.07) is 14.6. The molecule has 0 spiro atoms. The number of carbonyl (C=O) groups excluding carboxylic acids is 1. The molecule has 140 valence electrons. The first kappa shape index (κ1) is 18.9. The Kier molecular flexibility index (Phi) is 5.31. The summed E-state index contributed by atoms with van der Waals surface area (Å²) in [5.41, 5.74) is 3.32. The van der Waals surface area contributed by atoms with Crippen LogP contribution in [0.25, 0.3) is 10.2 Å². The van der Waals surface area contributed by atoms with Gasteiger partial charge in [-0.2, -0.15) is 0 Å². The highest BCUT2D eigenvalue weighted by molar-refractivity contribution is 7.22. The minimum atomic E-state index is -0.218. The fourth-order valence-electron chi connectivity index (χ4n) is 2.87. The molecule has 0 atom stereocenters. The maximum Gasteiger partial charge on any atom is 0.260 e. The molecule has 0 aliphatic rings. The van der Waals surface area contributed by atoms with Crippen molar-refractivity contribution in [3.63, 3.8) is 0 Å². The Bertz CT molecular complexity index is 1140. The van der Waals surface area contributed by atoms with Gasteiger partial charge in [0.05, 0.1) is 16.8 Å². The van der Waals surface area contributed by atoms with E-state index in [4.69, 9.17) is 23.2 Å². The number of anilines is 1. The molecule has 4 aromatic rings. The van der Waals surface area contributed by atoms with Crippen LogP contribution < -0.4 is 4.90 Å². The van der Waals surface area contributed by atoms with Gasteiger partial charge in [0.25, 0.3) is 5.91 Å². The van der Waals surface area contributed by atoms with Crippen molar-refractivity contribution in [3.8, 4) is 0 Å². The second-order valence-corrected chi connectivity index (χ2v) is 8.26. The molecule has 2 aromatic carbocycles. The fraction of sp³-hybridized carbons (Fsp3) is 0.0952. The predicted octanol–water partition coefficient (Wildman–Crippen LogP) is 6.15. The van der Waals surface area contributed by atoms with Gasteiger partial charge in [-0.25, -0.2) is 4.98 Å². The van der Waals surface area contributed by atoms with E-state index in [-0.39, 0.29) is 5.91 Å². The van der Waals surface area contributed by atoms with Gasteiger partial charge in [0.15, 0.2) is 5.13 Å².